The van der Waals surface area contributed by atoms with Gasteiger partial charge in [0.05, 0.1) is 0 Å². The summed E-state index contributed by atoms with van der Waals surface area (Å²) in [6.07, 6.45) is 15.5. The van der Waals surface area contributed by atoms with Gasteiger partial charge in [0.1, 0.15) is 0 Å². The lowest BCUT2D eigenvalue weighted by atomic mass is 9.82. The van der Waals surface area contributed by atoms with Crippen molar-refractivity contribution in [1.82, 2.24) is 0 Å². The van der Waals surface area contributed by atoms with Crippen LogP contribution in [0.15, 0.2) is 0 Å². The van der Waals surface area contributed by atoms with Crippen LogP contribution in [-0.2, 0) is 0 Å². The molecule has 0 aromatic carbocycles. The molecular formula is C21H43. The molecule has 0 nitrogen and oxygen atoms in total. The van der Waals surface area contributed by atoms with Crippen molar-refractivity contribution in [3.63, 3.8) is 0 Å². The molecule has 0 aromatic heterocycles. The van der Waals surface area contributed by atoms with Crippen molar-refractivity contribution in [2.45, 2.75) is 105 Å². The van der Waals surface area contributed by atoms with E-state index in [0.29, 0.717) is 5.92 Å². The van der Waals surface area contributed by atoms with Crippen molar-refractivity contribution in [2.75, 3.05) is 0 Å². The van der Waals surface area contributed by atoms with E-state index >= 15 is 0 Å². The summed E-state index contributed by atoms with van der Waals surface area (Å²) >= 11 is 0. The first-order chi connectivity index (χ1) is 9.97. The van der Waals surface area contributed by atoms with Crippen LogP contribution < -0.4 is 0 Å². The molecule has 0 rings (SSSR count). The fourth-order valence-electron chi connectivity index (χ4n) is 3.26. The first kappa shape index (κ1) is 21.0. The van der Waals surface area contributed by atoms with E-state index in [-0.39, 0.29) is 0 Å². The summed E-state index contributed by atoms with van der Waals surface area (Å²) in [5, 5.41) is 0. The first-order valence-corrected chi connectivity index (χ1v) is 9.80. The third-order valence-corrected chi connectivity index (χ3v) is 5.16. The van der Waals surface area contributed by atoms with Gasteiger partial charge in [0.15, 0.2) is 0 Å². The van der Waals surface area contributed by atoms with Crippen LogP contribution in [0.25, 0.3) is 0 Å². The smallest absolute Gasteiger partial charge is 0.0414 e. The molecule has 0 heteroatoms. The van der Waals surface area contributed by atoms with Gasteiger partial charge < -0.3 is 0 Å². The third kappa shape index (κ3) is 13.4. The van der Waals surface area contributed by atoms with Gasteiger partial charge in [-0.15, -0.1) is 0 Å². The van der Waals surface area contributed by atoms with E-state index in [1.807, 2.05) is 0 Å². The molecule has 1 radical (unpaired) electrons. The molecule has 0 aromatic rings. The van der Waals surface area contributed by atoms with E-state index < -0.39 is 0 Å². The van der Waals surface area contributed by atoms with Gasteiger partial charge >= 0.3 is 0 Å². The zero-order valence-electron chi connectivity index (χ0n) is 15.8. The molecule has 0 fully saturated rings. The Morgan fingerprint density at radius 3 is 1.81 bits per heavy atom. The van der Waals surface area contributed by atoms with E-state index in [9.17, 15) is 0 Å². The molecule has 3 unspecified atom stereocenters. The summed E-state index contributed by atoms with van der Waals surface area (Å²) in [5.74, 6) is 3.29. The summed E-state index contributed by atoms with van der Waals surface area (Å²) in [5.41, 5.74) is 0. The Morgan fingerprint density at radius 2 is 1.24 bits per heavy atom. The molecular weight excluding hydrogens is 252 g/mol. The summed E-state index contributed by atoms with van der Waals surface area (Å²) in [6.45, 7) is 16.0. The third-order valence-electron chi connectivity index (χ3n) is 5.16. The molecule has 127 valence electrons. The first-order valence-electron chi connectivity index (χ1n) is 9.80. The molecule has 0 aliphatic rings. The highest BCUT2D eigenvalue weighted by atomic mass is 14.2. The monoisotopic (exact) mass is 295 g/mol. The molecule has 0 aliphatic carbocycles. The van der Waals surface area contributed by atoms with Gasteiger partial charge in [-0.1, -0.05) is 106 Å². The topological polar surface area (TPSA) is 0 Å². The van der Waals surface area contributed by atoms with E-state index in [1.54, 1.807) is 0 Å². The molecule has 0 bridgehead atoms. The Kier molecular flexibility index (Phi) is 13.6. The Morgan fingerprint density at radius 1 is 0.667 bits per heavy atom. The Labute approximate surface area is 136 Å². The molecule has 0 spiro atoms. The van der Waals surface area contributed by atoms with Crippen molar-refractivity contribution in [3.8, 4) is 0 Å². The minimum absolute atomic E-state index is 0.618. The van der Waals surface area contributed by atoms with E-state index in [0.717, 1.165) is 17.8 Å². The van der Waals surface area contributed by atoms with Crippen LogP contribution in [0.1, 0.15) is 105 Å². The number of unbranched alkanes of at least 4 members (excludes halogenated alkanes) is 6. The van der Waals surface area contributed by atoms with Crippen LogP contribution in [0.2, 0.25) is 0 Å². The summed E-state index contributed by atoms with van der Waals surface area (Å²) < 4.78 is 0. The average molecular weight is 296 g/mol. The minimum Gasteiger partial charge on any atom is -0.0654 e. The molecule has 0 saturated carbocycles. The maximum absolute atomic E-state index is 4.10. The van der Waals surface area contributed by atoms with Gasteiger partial charge in [-0.05, 0) is 30.1 Å². The maximum Gasteiger partial charge on any atom is -0.0414 e. The molecule has 0 amide bonds. The fourth-order valence-corrected chi connectivity index (χ4v) is 3.26. The lowest BCUT2D eigenvalue weighted by molar-refractivity contribution is 0.280. The summed E-state index contributed by atoms with van der Waals surface area (Å²) in [6, 6.07) is 0. The Hall–Kier alpha value is 0. The molecule has 0 heterocycles. The van der Waals surface area contributed by atoms with Gasteiger partial charge in [-0.3, -0.25) is 0 Å². The van der Waals surface area contributed by atoms with Crippen molar-refractivity contribution in [1.29, 1.82) is 0 Å². The van der Waals surface area contributed by atoms with Gasteiger partial charge in [-0.2, -0.15) is 0 Å². The van der Waals surface area contributed by atoms with E-state index in [1.165, 1.54) is 70.6 Å². The number of hydrogen-bond donors (Lipinski definition) is 0. The fraction of sp³-hybridized carbons (Fsp3) is 0.952. The standard InChI is InChI=1S/C21H43/c1-7-8-9-10-11-12-13-14-20(5)21(6)17-19(4)16-15-18(2)3/h18-21H,2,7-17H2,1,3-6H3/t18-,19?,20?,21?/m1/s1. The second-order valence-corrected chi connectivity index (χ2v) is 7.89. The Bertz CT molecular complexity index is 206. The molecule has 0 aliphatic heterocycles. The van der Waals surface area contributed by atoms with Crippen LogP contribution in [0.5, 0.6) is 0 Å². The second kappa shape index (κ2) is 13.6. The van der Waals surface area contributed by atoms with Crippen molar-refractivity contribution >= 4 is 0 Å². The molecule has 0 saturated heterocycles. The van der Waals surface area contributed by atoms with Gasteiger partial charge in [0, 0.05) is 0 Å². The van der Waals surface area contributed by atoms with Crippen LogP contribution >= 0.6 is 0 Å². The second-order valence-electron chi connectivity index (χ2n) is 7.89. The summed E-state index contributed by atoms with van der Waals surface area (Å²) in [4.78, 5) is 0. The van der Waals surface area contributed by atoms with Crippen LogP contribution in [0.4, 0.5) is 0 Å². The van der Waals surface area contributed by atoms with Crippen molar-refractivity contribution < 1.29 is 0 Å². The highest BCUT2D eigenvalue weighted by Gasteiger charge is 2.15. The maximum atomic E-state index is 4.10. The zero-order chi connectivity index (χ0) is 16.1. The molecule has 0 N–H and O–H groups in total. The van der Waals surface area contributed by atoms with Crippen LogP contribution in [-0.4, -0.2) is 0 Å². The van der Waals surface area contributed by atoms with Crippen LogP contribution in [0.3, 0.4) is 0 Å². The van der Waals surface area contributed by atoms with Gasteiger partial charge in [-0.25, -0.2) is 0 Å². The normalized spacial score (nSPS) is 16.1. The SMILES string of the molecule is [CH2][C@H](C)CCC(C)CC(C)C(C)CCCCCCCCC. The summed E-state index contributed by atoms with van der Waals surface area (Å²) in [7, 11) is 0. The predicted octanol–water partition coefficient (Wildman–Crippen LogP) is 7.68. The lowest BCUT2D eigenvalue weighted by Crippen LogP contribution is -2.12. The van der Waals surface area contributed by atoms with Crippen molar-refractivity contribution in [3.05, 3.63) is 6.92 Å². The molecule has 21 heavy (non-hydrogen) atoms. The quantitative estimate of drug-likeness (QED) is 0.288. The van der Waals surface area contributed by atoms with Gasteiger partial charge in [0.2, 0.25) is 0 Å². The zero-order valence-corrected chi connectivity index (χ0v) is 15.8. The largest absolute Gasteiger partial charge is 0.0654 e. The van der Waals surface area contributed by atoms with Crippen LogP contribution in [0, 0.1) is 30.6 Å². The molecule has 4 atom stereocenters. The Balaban J connectivity index is 3.58. The average Bonchev–Trinajstić information content (AvgIpc) is 2.43. The number of rotatable bonds is 14. The lowest BCUT2D eigenvalue weighted by Gasteiger charge is -2.23. The predicted molar refractivity (Wildman–Crippen MR) is 98.5 cm³/mol. The highest BCUT2D eigenvalue weighted by Crippen LogP contribution is 2.27. The minimum atomic E-state index is 0.618. The number of hydrogen-bond acceptors (Lipinski definition) is 0. The van der Waals surface area contributed by atoms with Gasteiger partial charge in [0.25, 0.3) is 0 Å². The van der Waals surface area contributed by atoms with E-state index in [4.69, 9.17) is 0 Å². The van der Waals surface area contributed by atoms with Crippen molar-refractivity contribution in [2.24, 2.45) is 23.7 Å². The highest BCUT2D eigenvalue weighted by molar-refractivity contribution is 4.67. The van der Waals surface area contributed by atoms with E-state index in [2.05, 4.69) is 41.5 Å².